The summed E-state index contributed by atoms with van der Waals surface area (Å²) in [6, 6.07) is 0. The van der Waals surface area contributed by atoms with E-state index >= 15 is 0 Å². The van der Waals surface area contributed by atoms with Gasteiger partial charge in [-0.25, -0.2) is 0 Å². The van der Waals surface area contributed by atoms with Crippen LogP contribution in [0.1, 0.15) is 228 Å². The summed E-state index contributed by atoms with van der Waals surface area (Å²) in [5, 5.41) is 18.5. The van der Waals surface area contributed by atoms with Crippen LogP contribution in [0.25, 0.3) is 0 Å². The van der Waals surface area contributed by atoms with Gasteiger partial charge in [-0.15, -0.1) is 0 Å². The molecule has 2 fully saturated rings. The first-order valence-electron chi connectivity index (χ1n) is 15.5. The molecule has 2 aliphatic rings. The van der Waals surface area contributed by atoms with Gasteiger partial charge in [0.1, 0.15) is 17.3 Å². The van der Waals surface area contributed by atoms with Gasteiger partial charge in [-0.1, -0.05) is 149 Å². The summed E-state index contributed by atoms with van der Waals surface area (Å²) in [6.45, 7) is 15.6. The van der Waals surface area contributed by atoms with Crippen LogP contribution in [-0.4, -0.2) is 64.2 Å². The molecule has 0 spiro atoms. The van der Waals surface area contributed by atoms with Crippen molar-refractivity contribution in [2.75, 3.05) is 0 Å². The fraction of sp³-hybridized carbons (Fsp3) is 0.932. The smallest absolute Gasteiger partial charge is 0.132 e. The lowest BCUT2D eigenvalue weighted by molar-refractivity contribution is -0.119. The van der Waals surface area contributed by atoms with E-state index in [9.17, 15) is 24.6 Å². The van der Waals surface area contributed by atoms with Crippen LogP contribution in [0.2, 0.25) is 0 Å². The highest BCUT2D eigenvalue weighted by molar-refractivity contribution is 5.76. The van der Waals surface area contributed by atoms with Crippen molar-refractivity contribution in [3.8, 4) is 0 Å². The monoisotopic (exact) mass is 749 g/mol. The lowest BCUT2D eigenvalue weighted by Crippen LogP contribution is -2.12. The van der Waals surface area contributed by atoms with Crippen molar-refractivity contribution in [3.05, 3.63) is 0 Å². The Hall–Kier alpha value is -1.15. The lowest BCUT2D eigenvalue weighted by atomic mass is 9.94. The molecule has 8 atom stereocenters. The Labute approximate surface area is 327 Å². The number of ketones is 3. The van der Waals surface area contributed by atoms with Crippen molar-refractivity contribution in [2.24, 2.45) is 11.8 Å². The summed E-state index contributed by atoms with van der Waals surface area (Å²) in [7, 11) is 0. The number of carbonyl (C=O) groups is 3. The van der Waals surface area contributed by atoms with E-state index in [1.165, 1.54) is 32.6 Å². The topological polar surface area (TPSA) is 117 Å². The van der Waals surface area contributed by atoms with Crippen LogP contribution < -0.4 is 0 Å². The van der Waals surface area contributed by atoms with Crippen LogP contribution in [0.5, 0.6) is 0 Å². The van der Waals surface area contributed by atoms with E-state index in [-0.39, 0.29) is 119 Å². The fourth-order valence-electron chi connectivity index (χ4n) is 4.66. The van der Waals surface area contributed by atoms with E-state index in [1.54, 1.807) is 13.8 Å². The molecule has 0 amide bonds. The SMILES string of the molecule is C.C.C.C.C.C.C.C.C.C.C.C.CCC(C)CCCC(C)CC(C)=O.CCC(O)CCCC(O)CC(C)=O.CCC1OC1CC1OC1CC(C)=O. The maximum absolute atomic E-state index is 10.8. The predicted octanol–water partition coefficient (Wildman–Crippen LogP) is 14.0. The molecule has 2 heterocycles. The summed E-state index contributed by atoms with van der Waals surface area (Å²) >= 11 is 0. The van der Waals surface area contributed by atoms with Gasteiger partial charge in [0.15, 0.2) is 0 Å². The minimum absolute atomic E-state index is 0. The fourth-order valence-corrected chi connectivity index (χ4v) is 4.66. The van der Waals surface area contributed by atoms with Gasteiger partial charge < -0.3 is 24.5 Å². The van der Waals surface area contributed by atoms with Gasteiger partial charge in [-0.3, -0.25) is 9.59 Å². The third kappa shape index (κ3) is 53.3. The van der Waals surface area contributed by atoms with Crippen LogP contribution in [0.15, 0.2) is 0 Å². The van der Waals surface area contributed by atoms with E-state index in [0.29, 0.717) is 49.3 Å². The zero-order valence-electron chi connectivity index (χ0n) is 26.2. The number of epoxide rings is 2. The molecule has 2 N–H and O–H groups in total. The van der Waals surface area contributed by atoms with Gasteiger partial charge in [-0.05, 0) is 64.7 Å². The minimum atomic E-state index is -0.526. The average Bonchev–Trinajstić information content (AvgIpc) is 3.76. The maximum atomic E-state index is 10.8. The molecule has 0 aliphatic carbocycles. The highest BCUT2D eigenvalue weighted by atomic mass is 16.6. The number of ether oxygens (including phenoxy) is 2. The number of aliphatic hydroxyl groups is 2. The molecule has 0 aromatic carbocycles. The summed E-state index contributed by atoms with van der Waals surface area (Å²) < 4.78 is 10.8. The molecule has 2 rings (SSSR count). The summed E-state index contributed by atoms with van der Waals surface area (Å²) in [5.74, 6) is 2.00. The van der Waals surface area contributed by atoms with Crippen molar-refractivity contribution in [3.63, 3.8) is 0 Å². The Kier molecular flexibility index (Phi) is 87.5. The van der Waals surface area contributed by atoms with Crippen LogP contribution in [-0.2, 0) is 23.9 Å². The number of Topliss-reactive ketones (excluding diaryl/α,β-unsaturated/α-hetero) is 3. The van der Waals surface area contributed by atoms with Crippen molar-refractivity contribution in [1.82, 2.24) is 0 Å². The maximum Gasteiger partial charge on any atom is 0.132 e. The van der Waals surface area contributed by atoms with Gasteiger partial charge in [0.25, 0.3) is 0 Å². The second-order valence-electron chi connectivity index (χ2n) is 12.0. The molecular weight excluding hydrogens is 640 g/mol. The third-order valence-corrected chi connectivity index (χ3v) is 7.53. The van der Waals surface area contributed by atoms with Crippen molar-refractivity contribution >= 4 is 17.3 Å². The second kappa shape index (κ2) is 51.0. The lowest BCUT2D eigenvalue weighted by Gasteiger charge is -2.11. The van der Waals surface area contributed by atoms with Gasteiger partial charge >= 0.3 is 0 Å². The highest BCUT2D eigenvalue weighted by Gasteiger charge is 2.47. The Bertz CT molecular complexity index is 648. The third-order valence-electron chi connectivity index (χ3n) is 7.53. The molecule has 0 aromatic heterocycles. The van der Waals surface area contributed by atoms with Crippen LogP contribution in [0.4, 0.5) is 0 Å². The van der Waals surface area contributed by atoms with Gasteiger partial charge in [0.05, 0.1) is 36.6 Å². The molecule has 0 saturated carbocycles. The van der Waals surface area contributed by atoms with Crippen molar-refractivity contribution < 1.29 is 34.1 Å². The van der Waals surface area contributed by atoms with Crippen molar-refractivity contribution in [1.29, 1.82) is 0 Å². The molecule has 7 heteroatoms. The van der Waals surface area contributed by atoms with Gasteiger partial charge in [0.2, 0.25) is 0 Å². The molecule has 326 valence electrons. The van der Waals surface area contributed by atoms with E-state index in [1.807, 2.05) is 6.92 Å². The Morgan fingerprint density at radius 2 is 0.902 bits per heavy atom. The summed E-state index contributed by atoms with van der Waals surface area (Å²) in [5.41, 5.74) is 0. The van der Waals surface area contributed by atoms with E-state index in [2.05, 4.69) is 27.7 Å². The molecule has 2 saturated heterocycles. The first-order valence-corrected chi connectivity index (χ1v) is 15.5. The van der Waals surface area contributed by atoms with Gasteiger partial charge in [0, 0.05) is 25.7 Å². The van der Waals surface area contributed by atoms with E-state index in [0.717, 1.165) is 38.0 Å². The van der Waals surface area contributed by atoms with Gasteiger partial charge in [-0.2, -0.15) is 0 Å². The first-order chi connectivity index (χ1) is 18.3. The van der Waals surface area contributed by atoms with Crippen LogP contribution in [0, 0.1) is 11.8 Å². The normalized spacial score (nSPS) is 18.5. The minimum Gasteiger partial charge on any atom is -0.393 e. The molecule has 51 heavy (non-hydrogen) atoms. The Balaban J connectivity index is -0.0000000345. The van der Waals surface area contributed by atoms with E-state index < -0.39 is 6.10 Å². The number of carbonyl (C=O) groups excluding carboxylic acids is 3. The standard InChI is InChI=1S/C12H24O.C10H16O3.C10H20O3.12CH4/c1-5-10(2)7-6-8-11(3)9-12(4)13;1-3-7-9(12-7)5-10-8(13-10)4-6(2)11;1-3-9(12)5-4-6-10(13)7-8(2)11;;;;;;;;;;;;/h10-11H,5-9H2,1-4H3;7-10H,3-5H2,1-2H3;9-10,12-13H,3-7H2,1-2H3;12*1H4. The number of aliphatic hydroxyl groups excluding tert-OH is 2. The molecule has 0 bridgehead atoms. The molecular formula is C44H108O7. The molecule has 0 radical (unpaired) electrons. The summed E-state index contributed by atoms with van der Waals surface area (Å²) in [6.07, 6.45) is 12.2. The zero-order chi connectivity index (χ0) is 30.0. The number of rotatable bonds is 19. The molecule has 7 nitrogen and oxygen atoms in total. The van der Waals surface area contributed by atoms with E-state index in [4.69, 9.17) is 9.47 Å². The first kappa shape index (κ1) is 87.6. The summed E-state index contributed by atoms with van der Waals surface area (Å²) in [4.78, 5) is 32.2. The molecule has 8 unspecified atom stereocenters. The zero-order valence-corrected chi connectivity index (χ0v) is 26.2. The largest absolute Gasteiger partial charge is 0.393 e. The quantitative estimate of drug-likeness (QED) is 0.126. The second-order valence-corrected chi connectivity index (χ2v) is 12.0. The Morgan fingerprint density at radius 1 is 0.510 bits per heavy atom. The molecule has 0 aromatic rings. The Morgan fingerprint density at radius 3 is 1.27 bits per heavy atom. The predicted molar refractivity (Wildman–Crippen MR) is 238 cm³/mol. The van der Waals surface area contributed by atoms with Crippen LogP contribution in [0.3, 0.4) is 0 Å². The average molecular weight is 749 g/mol. The number of hydrogen-bond acceptors (Lipinski definition) is 7. The highest BCUT2D eigenvalue weighted by Crippen LogP contribution is 2.37. The van der Waals surface area contributed by atoms with Crippen molar-refractivity contribution in [2.45, 2.75) is 265 Å². The molecule has 2 aliphatic heterocycles. The number of hydrogen-bond donors (Lipinski definition) is 2. The van der Waals surface area contributed by atoms with Crippen LogP contribution >= 0.6 is 0 Å².